The first-order chi connectivity index (χ1) is 14.9. The number of nitrogens with one attached hydrogen (secondary N) is 1. The minimum Gasteiger partial charge on any atom is -0.457 e. The Balaban J connectivity index is 1.49. The van der Waals surface area contributed by atoms with Crippen LogP contribution in [0.15, 0.2) is 78.9 Å². The molecule has 1 fully saturated rings. The van der Waals surface area contributed by atoms with E-state index >= 15 is 0 Å². The maximum atomic E-state index is 12.9. The van der Waals surface area contributed by atoms with Gasteiger partial charge in [0.2, 0.25) is 0 Å². The van der Waals surface area contributed by atoms with Gasteiger partial charge in [-0.2, -0.15) is 13.2 Å². The van der Waals surface area contributed by atoms with Gasteiger partial charge in [-0.05, 0) is 48.0 Å². The van der Waals surface area contributed by atoms with Crippen molar-refractivity contribution in [2.75, 3.05) is 17.6 Å². The summed E-state index contributed by atoms with van der Waals surface area (Å²) in [5.74, 6) is 2.08. The maximum Gasteiger partial charge on any atom is 0.416 e. The lowest BCUT2D eigenvalue weighted by atomic mass is 10.2. The number of amides is 2. The van der Waals surface area contributed by atoms with Gasteiger partial charge in [-0.25, -0.2) is 4.79 Å². The van der Waals surface area contributed by atoms with Gasteiger partial charge < -0.3 is 15.0 Å². The average molecular weight is 444 g/mol. The molecular weight excluding hydrogens is 425 g/mol. The molecule has 0 saturated carbocycles. The monoisotopic (exact) mass is 444 g/mol. The molecule has 4 nitrogen and oxygen atoms in total. The van der Waals surface area contributed by atoms with E-state index < -0.39 is 17.8 Å². The number of thioether (sulfide) groups is 1. The van der Waals surface area contributed by atoms with Crippen molar-refractivity contribution in [3.05, 3.63) is 90.0 Å². The Labute approximate surface area is 182 Å². The lowest BCUT2D eigenvalue weighted by Gasteiger charge is -2.25. The molecule has 1 aliphatic rings. The fraction of sp³-hybridized carbons (Fsp3) is 0.174. The molecule has 160 valence electrons. The number of anilines is 1. The first kappa shape index (κ1) is 21.1. The number of urea groups is 1. The van der Waals surface area contributed by atoms with E-state index in [9.17, 15) is 18.0 Å². The standard InChI is InChI=1S/C23H19F3N2O2S/c24-23(25,26)17-7-5-8-18(15-17)27-22(29)28-12-13-31-21(28)16-6-4-11-20(14-16)30-19-9-2-1-3-10-19/h1-11,14-15,21H,12-13H2,(H,27,29). The van der Waals surface area contributed by atoms with Crippen molar-refractivity contribution in [1.29, 1.82) is 0 Å². The summed E-state index contributed by atoms with van der Waals surface area (Å²) in [6.45, 7) is 0.490. The summed E-state index contributed by atoms with van der Waals surface area (Å²) >= 11 is 1.59. The van der Waals surface area contributed by atoms with Gasteiger partial charge in [0.1, 0.15) is 16.9 Å². The normalized spacial score (nSPS) is 16.2. The highest BCUT2D eigenvalue weighted by Gasteiger charge is 2.33. The number of hydrogen-bond acceptors (Lipinski definition) is 3. The molecule has 1 unspecified atom stereocenters. The molecule has 3 aromatic carbocycles. The van der Waals surface area contributed by atoms with Crippen LogP contribution in [0.4, 0.5) is 23.7 Å². The third kappa shape index (κ3) is 5.14. The number of carbonyl (C=O) groups excluding carboxylic acids is 1. The van der Waals surface area contributed by atoms with Gasteiger partial charge in [0.05, 0.1) is 5.56 Å². The first-order valence-corrected chi connectivity index (χ1v) is 10.6. The lowest BCUT2D eigenvalue weighted by molar-refractivity contribution is -0.137. The zero-order chi connectivity index (χ0) is 21.8. The molecule has 1 heterocycles. The third-order valence-electron chi connectivity index (χ3n) is 4.72. The van der Waals surface area contributed by atoms with Crippen molar-refractivity contribution in [3.8, 4) is 11.5 Å². The predicted octanol–water partition coefficient (Wildman–Crippen LogP) is 6.78. The second-order valence-corrected chi connectivity index (χ2v) is 8.10. The van der Waals surface area contributed by atoms with E-state index in [2.05, 4.69) is 5.32 Å². The van der Waals surface area contributed by atoms with Crippen molar-refractivity contribution >= 4 is 23.5 Å². The van der Waals surface area contributed by atoms with Crippen LogP contribution in [0.2, 0.25) is 0 Å². The number of ether oxygens (including phenoxy) is 1. The van der Waals surface area contributed by atoms with Gasteiger partial charge >= 0.3 is 12.2 Å². The first-order valence-electron chi connectivity index (χ1n) is 9.59. The van der Waals surface area contributed by atoms with Crippen LogP contribution < -0.4 is 10.1 Å². The summed E-state index contributed by atoms with van der Waals surface area (Å²) in [5.41, 5.74) is 0.190. The average Bonchev–Trinajstić information content (AvgIpc) is 3.24. The summed E-state index contributed by atoms with van der Waals surface area (Å²) in [7, 11) is 0. The van der Waals surface area contributed by atoms with Crippen LogP contribution in [0, 0.1) is 0 Å². The van der Waals surface area contributed by atoms with Gasteiger partial charge in [0.25, 0.3) is 0 Å². The molecule has 0 spiro atoms. The van der Waals surface area contributed by atoms with Crippen molar-refractivity contribution in [3.63, 3.8) is 0 Å². The van der Waals surface area contributed by atoms with E-state index in [0.717, 1.165) is 23.4 Å². The van der Waals surface area contributed by atoms with Crippen molar-refractivity contribution in [1.82, 2.24) is 4.90 Å². The predicted molar refractivity (Wildman–Crippen MR) is 115 cm³/mol. The molecule has 0 aliphatic carbocycles. The largest absolute Gasteiger partial charge is 0.457 e. The van der Waals surface area contributed by atoms with Crippen molar-refractivity contribution < 1.29 is 22.7 Å². The van der Waals surface area contributed by atoms with Crippen molar-refractivity contribution in [2.24, 2.45) is 0 Å². The summed E-state index contributed by atoms with van der Waals surface area (Å²) in [6, 6.07) is 21.0. The van der Waals surface area contributed by atoms with Crippen LogP contribution in [-0.2, 0) is 6.18 Å². The number of benzene rings is 3. The molecule has 0 aromatic heterocycles. The Hall–Kier alpha value is -3.13. The SMILES string of the molecule is O=C(Nc1cccc(C(F)(F)F)c1)N1CCSC1c1cccc(Oc2ccccc2)c1. The van der Waals surface area contributed by atoms with Crippen LogP contribution in [0.5, 0.6) is 11.5 Å². The summed E-state index contributed by atoms with van der Waals surface area (Å²) in [6.07, 6.45) is -4.47. The van der Waals surface area contributed by atoms with Crippen LogP contribution in [-0.4, -0.2) is 23.2 Å². The molecule has 1 atom stereocenters. The summed E-state index contributed by atoms with van der Waals surface area (Å²) in [4.78, 5) is 14.4. The van der Waals surface area contributed by atoms with Gasteiger partial charge in [0, 0.05) is 18.0 Å². The molecule has 0 radical (unpaired) electrons. The number of alkyl halides is 3. The van der Waals surface area contributed by atoms with Gasteiger partial charge in [0.15, 0.2) is 0 Å². The molecule has 4 rings (SSSR count). The number of rotatable bonds is 4. The molecule has 1 aliphatic heterocycles. The van der Waals surface area contributed by atoms with Crippen molar-refractivity contribution in [2.45, 2.75) is 11.6 Å². The topological polar surface area (TPSA) is 41.6 Å². The molecular formula is C23H19F3N2O2S. The van der Waals surface area contributed by atoms with E-state index in [1.54, 1.807) is 16.7 Å². The Morgan fingerprint density at radius 1 is 0.968 bits per heavy atom. The number of hydrogen-bond donors (Lipinski definition) is 1. The minimum absolute atomic E-state index is 0.108. The van der Waals surface area contributed by atoms with Gasteiger partial charge in [-0.15, -0.1) is 11.8 Å². The molecule has 1 saturated heterocycles. The zero-order valence-electron chi connectivity index (χ0n) is 16.3. The second-order valence-electron chi connectivity index (χ2n) is 6.91. The molecule has 31 heavy (non-hydrogen) atoms. The van der Waals surface area contributed by atoms with E-state index in [-0.39, 0.29) is 11.1 Å². The Bertz CT molecular complexity index is 1060. The molecule has 3 aromatic rings. The summed E-state index contributed by atoms with van der Waals surface area (Å²) < 4.78 is 44.7. The highest BCUT2D eigenvalue weighted by Crippen LogP contribution is 2.40. The number of para-hydroxylation sites is 1. The van der Waals surface area contributed by atoms with Crippen LogP contribution in [0.1, 0.15) is 16.5 Å². The minimum atomic E-state index is -4.47. The van der Waals surface area contributed by atoms with Crippen LogP contribution in [0.25, 0.3) is 0 Å². The molecule has 1 N–H and O–H groups in total. The fourth-order valence-corrected chi connectivity index (χ4v) is 4.52. The van der Waals surface area contributed by atoms with Crippen LogP contribution >= 0.6 is 11.8 Å². The Morgan fingerprint density at radius 3 is 2.48 bits per heavy atom. The maximum absolute atomic E-state index is 12.9. The quantitative estimate of drug-likeness (QED) is 0.482. The van der Waals surface area contributed by atoms with Gasteiger partial charge in [-0.3, -0.25) is 0 Å². The van der Waals surface area contributed by atoms with E-state index in [0.29, 0.717) is 18.0 Å². The fourth-order valence-electron chi connectivity index (χ4n) is 3.28. The molecule has 0 bridgehead atoms. The zero-order valence-corrected chi connectivity index (χ0v) is 17.1. The number of nitrogens with zero attached hydrogens (tertiary/aromatic N) is 1. The van der Waals surface area contributed by atoms with Crippen LogP contribution in [0.3, 0.4) is 0 Å². The van der Waals surface area contributed by atoms with Gasteiger partial charge in [-0.1, -0.05) is 36.4 Å². The highest BCUT2D eigenvalue weighted by molar-refractivity contribution is 7.99. The third-order valence-corrected chi connectivity index (χ3v) is 5.98. The second kappa shape index (κ2) is 8.93. The summed E-state index contributed by atoms with van der Waals surface area (Å²) in [5, 5.41) is 2.33. The van der Waals surface area contributed by atoms with E-state index in [4.69, 9.17) is 4.74 Å². The Morgan fingerprint density at radius 2 is 1.71 bits per heavy atom. The number of halogens is 3. The number of carbonyl (C=O) groups is 1. The van der Waals surface area contributed by atoms with E-state index in [1.807, 2.05) is 54.6 Å². The lowest BCUT2D eigenvalue weighted by Crippen LogP contribution is -2.34. The van der Waals surface area contributed by atoms with E-state index in [1.165, 1.54) is 12.1 Å². The Kier molecular flexibility index (Phi) is 6.08. The highest BCUT2D eigenvalue weighted by atomic mass is 32.2. The molecule has 2 amide bonds. The molecule has 8 heteroatoms. The smallest absolute Gasteiger partial charge is 0.416 e.